The molecule has 1 fully saturated rings. The minimum Gasteiger partial charge on any atom is -0.444 e. The fourth-order valence-corrected chi connectivity index (χ4v) is 4.05. The van der Waals surface area contributed by atoms with E-state index in [1.54, 1.807) is 6.26 Å². The van der Waals surface area contributed by atoms with Crippen LogP contribution in [0.25, 0.3) is 22.4 Å². The quantitative estimate of drug-likeness (QED) is 0.374. The summed E-state index contributed by atoms with van der Waals surface area (Å²) < 4.78 is 7.46. The first-order chi connectivity index (χ1) is 13.3. The zero-order valence-corrected chi connectivity index (χ0v) is 15.4. The van der Waals surface area contributed by atoms with Gasteiger partial charge in [-0.05, 0) is 37.1 Å². The van der Waals surface area contributed by atoms with Crippen molar-refractivity contribution in [3.8, 4) is 11.5 Å². The smallest absolute Gasteiger partial charge is 0.262 e. The predicted octanol–water partition coefficient (Wildman–Crippen LogP) is 4.68. The molecule has 2 heterocycles. The summed E-state index contributed by atoms with van der Waals surface area (Å²) in [6, 6.07) is 17.6. The largest absolute Gasteiger partial charge is 0.444 e. The van der Waals surface area contributed by atoms with Gasteiger partial charge in [0.1, 0.15) is 6.26 Å². The topological polar surface area (TPSA) is 60.9 Å². The van der Waals surface area contributed by atoms with E-state index in [0.29, 0.717) is 17.0 Å². The third-order valence-corrected chi connectivity index (χ3v) is 5.60. The molecule has 1 saturated carbocycles. The van der Waals surface area contributed by atoms with Gasteiger partial charge in [-0.1, -0.05) is 42.1 Å². The highest BCUT2D eigenvalue weighted by Gasteiger charge is 2.28. The van der Waals surface area contributed by atoms with Crippen LogP contribution in [0.15, 0.2) is 75.2 Å². The van der Waals surface area contributed by atoms with Crippen LogP contribution < -0.4 is 5.56 Å². The molecular formula is C21H17N3O2S. The minimum atomic E-state index is 0.0516. The lowest BCUT2D eigenvalue weighted by Gasteiger charge is -2.11. The van der Waals surface area contributed by atoms with Gasteiger partial charge < -0.3 is 4.42 Å². The highest BCUT2D eigenvalue weighted by atomic mass is 32.2. The van der Waals surface area contributed by atoms with Crippen LogP contribution in [0, 0.1) is 0 Å². The van der Waals surface area contributed by atoms with Gasteiger partial charge in [-0.25, -0.2) is 9.97 Å². The molecule has 0 bridgehead atoms. The normalized spacial score (nSPS) is 13.9. The summed E-state index contributed by atoms with van der Waals surface area (Å²) in [7, 11) is 0. The minimum absolute atomic E-state index is 0.0516. The molecule has 134 valence electrons. The fraction of sp³-hybridized carbons (Fsp3) is 0.190. The number of rotatable bonds is 5. The molecule has 0 aliphatic heterocycles. The van der Waals surface area contributed by atoms with E-state index < -0.39 is 0 Å². The average molecular weight is 375 g/mol. The molecule has 6 heteroatoms. The van der Waals surface area contributed by atoms with Crippen LogP contribution in [-0.4, -0.2) is 14.5 Å². The van der Waals surface area contributed by atoms with Crippen LogP contribution in [0.3, 0.4) is 0 Å². The number of para-hydroxylation sites is 1. The lowest BCUT2D eigenvalue weighted by atomic mass is 10.2. The zero-order chi connectivity index (χ0) is 18.2. The average Bonchev–Trinajstić information content (AvgIpc) is 3.43. The van der Waals surface area contributed by atoms with Crippen LogP contribution in [-0.2, 0) is 5.75 Å². The summed E-state index contributed by atoms with van der Waals surface area (Å²) in [5.74, 6) is 1.21. The summed E-state index contributed by atoms with van der Waals surface area (Å²) in [5, 5.41) is 1.44. The van der Waals surface area contributed by atoms with E-state index in [1.165, 1.54) is 11.8 Å². The number of hydrogen-bond acceptors (Lipinski definition) is 5. The van der Waals surface area contributed by atoms with Crippen LogP contribution in [0.4, 0.5) is 0 Å². The van der Waals surface area contributed by atoms with Gasteiger partial charge in [-0.2, -0.15) is 0 Å². The van der Waals surface area contributed by atoms with Crippen LogP contribution in [0.5, 0.6) is 0 Å². The molecule has 4 aromatic rings. The Morgan fingerprint density at radius 1 is 1.04 bits per heavy atom. The summed E-state index contributed by atoms with van der Waals surface area (Å²) in [4.78, 5) is 22.2. The van der Waals surface area contributed by atoms with Gasteiger partial charge in [0.2, 0.25) is 5.89 Å². The predicted molar refractivity (Wildman–Crippen MR) is 106 cm³/mol. The van der Waals surface area contributed by atoms with Gasteiger partial charge in [-0.15, -0.1) is 0 Å². The van der Waals surface area contributed by atoms with Crippen molar-refractivity contribution in [2.45, 2.75) is 29.8 Å². The lowest BCUT2D eigenvalue weighted by Crippen LogP contribution is -2.22. The Labute approximate surface area is 160 Å². The lowest BCUT2D eigenvalue weighted by molar-refractivity contribution is 0.573. The maximum atomic E-state index is 12.9. The molecule has 2 aromatic heterocycles. The van der Waals surface area contributed by atoms with E-state index in [4.69, 9.17) is 9.40 Å². The Morgan fingerprint density at radius 2 is 1.81 bits per heavy atom. The maximum absolute atomic E-state index is 12.9. The fourth-order valence-electron chi connectivity index (χ4n) is 3.11. The van der Waals surface area contributed by atoms with Crippen molar-refractivity contribution < 1.29 is 4.42 Å². The summed E-state index contributed by atoms with van der Waals surface area (Å²) in [5.41, 5.74) is 2.58. The van der Waals surface area contributed by atoms with Gasteiger partial charge in [-0.3, -0.25) is 9.36 Å². The number of oxazole rings is 1. The van der Waals surface area contributed by atoms with Crippen molar-refractivity contribution >= 4 is 22.7 Å². The van der Waals surface area contributed by atoms with Crippen molar-refractivity contribution in [3.05, 3.63) is 76.9 Å². The van der Waals surface area contributed by atoms with E-state index in [-0.39, 0.29) is 11.6 Å². The second-order valence-corrected chi connectivity index (χ2v) is 7.56. The SMILES string of the molecule is O=c1c2ccccc2nc(SCc2coc(-c3ccccc3)n2)n1C1CC1. The monoisotopic (exact) mass is 375 g/mol. The molecule has 5 nitrogen and oxygen atoms in total. The molecule has 0 N–H and O–H groups in total. The highest BCUT2D eigenvalue weighted by Crippen LogP contribution is 2.37. The van der Waals surface area contributed by atoms with Crippen LogP contribution >= 0.6 is 11.8 Å². The Hall–Kier alpha value is -2.86. The van der Waals surface area contributed by atoms with Gasteiger partial charge in [0, 0.05) is 17.4 Å². The molecule has 27 heavy (non-hydrogen) atoms. The van der Waals surface area contributed by atoms with E-state index in [9.17, 15) is 4.79 Å². The van der Waals surface area contributed by atoms with E-state index in [2.05, 4.69) is 4.98 Å². The van der Waals surface area contributed by atoms with Crippen molar-refractivity contribution in [1.82, 2.24) is 14.5 Å². The number of fused-ring (bicyclic) bond motifs is 1. The molecule has 1 aliphatic rings. The molecule has 0 unspecified atom stereocenters. The van der Waals surface area contributed by atoms with Gasteiger partial charge in [0.25, 0.3) is 5.56 Å². The third-order valence-electron chi connectivity index (χ3n) is 4.61. The van der Waals surface area contributed by atoms with Crippen LogP contribution in [0.1, 0.15) is 24.6 Å². The van der Waals surface area contributed by atoms with Crippen molar-refractivity contribution in [1.29, 1.82) is 0 Å². The Bertz CT molecular complexity index is 1160. The molecule has 1 aliphatic carbocycles. The summed E-state index contributed by atoms with van der Waals surface area (Å²) >= 11 is 1.54. The molecule has 5 rings (SSSR count). The van der Waals surface area contributed by atoms with E-state index in [0.717, 1.165) is 34.8 Å². The van der Waals surface area contributed by atoms with Crippen molar-refractivity contribution in [3.63, 3.8) is 0 Å². The first-order valence-corrected chi connectivity index (χ1v) is 9.92. The number of hydrogen-bond donors (Lipinski definition) is 0. The van der Waals surface area contributed by atoms with Gasteiger partial charge in [0.05, 0.1) is 16.6 Å². The van der Waals surface area contributed by atoms with Crippen molar-refractivity contribution in [2.75, 3.05) is 0 Å². The second kappa shape index (κ2) is 6.70. The Kier molecular flexibility index (Phi) is 4.05. The first kappa shape index (κ1) is 16.3. The molecule has 0 amide bonds. The molecule has 0 spiro atoms. The third kappa shape index (κ3) is 3.17. The van der Waals surface area contributed by atoms with Crippen molar-refractivity contribution in [2.24, 2.45) is 0 Å². The number of thioether (sulfide) groups is 1. The maximum Gasteiger partial charge on any atom is 0.262 e. The first-order valence-electron chi connectivity index (χ1n) is 8.93. The zero-order valence-electron chi connectivity index (χ0n) is 14.5. The molecule has 0 radical (unpaired) electrons. The van der Waals surface area contributed by atoms with Gasteiger partial charge >= 0.3 is 0 Å². The number of aromatic nitrogens is 3. The number of benzene rings is 2. The van der Waals surface area contributed by atoms with Gasteiger partial charge in [0.15, 0.2) is 5.16 Å². The molecular weight excluding hydrogens is 358 g/mol. The number of nitrogens with zero attached hydrogens (tertiary/aromatic N) is 3. The Balaban J connectivity index is 1.44. The molecule has 0 saturated heterocycles. The molecule has 2 aromatic carbocycles. The standard InChI is InChI=1S/C21H17N3O2S/c25-20-17-8-4-5-9-18(17)23-21(24(20)16-10-11-16)27-13-15-12-26-19(22-15)14-6-2-1-3-7-14/h1-9,12,16H,10-11,13H2. The van der Waals surface area contributed by atoms with E-state index >= 15 is 0 Å². The Morgan fingerprint density at radius 3 is 2.63 bits per heavy atom. The van der Waals surface area contributed by atoms with E-state index in [1.807, 2.05) is 59.2 Å². The summed E-state index contributed by atoms with van der Waals surface area (Å²) in [6.07, 6.45) is 3.75. The second-order valence-electron chi connectivity index (χ2n) is 6.62. The van der Waals surface area contributed by atoms with Crippen LogP contribution in [0.2, 0.25) is 0 Å². The summed E-state index contributed by atoms with van der Waals surface area (Å²) in [6.45, 7) is 0. The molecule has 0 atom stereocenters. The highest BCUT2D eigenvalue weighted by molar-refractivity contribution is 7.98.